The van der Waals surface area contributed by atoms with E-state index in [1.54, 1.807) is 40.0 Å². The van der Waals surface area contributed by atoms with Crippen LogP contribution >= 0.6 is 11.8 Å². The van der Waals surface area contributed by atoms with Crippen molar-refractivity contribution in [3.05, 3.63) is 72.7 Å². The molecule has 0 saturated carbocycles. The molecule has 0 heterocycles. The maximum Gasteiger partial charge on any atom is 0.373 e. The normalized spacial score (nSPS) is 9.13. The van der Waals surface area contributed by atoms with Gasteiger partial charge in [0.15, 0.2) is 0 Å². The number of rotatable bonds is 17. The number of benzene rings is 1. The van der Waals surface area contributed by atoms with Crippen molar-refractivity contribution in [2.45, 2.75) is 98.1 Å². The monoisotopic (exact) mass is 806 g/mol. The number of methoxy groups -OCH3 is 1. The lowest BCUT2D eigenvalue weighted by atomic mass is 9.97. The molecule has 0 bridgehead atoms. The SMILES string of the molecule is C.C.C.C.C.C.C=C(C)N(C)C(=O)c1ccccc1.C=C(C)N(C)CCC(=O)OCC(O)COC(=O)CCSCC(C)(C)C(=O)OC.C=C(C)NC.O=C=O. The number of ether oxygens (including phenoxy) is 3. The molecule has 13 nitrogen and oxygen atoms in total. The number of esters is 3. The molecule has 1 aromatic rings. The van der Waals surface area contributed by atoms with Gasteiger partial charge in [-0.1, -0.05) is 82.5 Å². The molecule has 2 N–H and O–H groups in total. The van der Waals surface area contributed by atoms with Gasteiger partial charge in [-0.05, 0) is 52.4 Å². The summed E-state index contributed by atoms with van der Waals surface area (Å²) in [6.07, 6.45) is -0.492. The van der Waals surface area contributed by atoms with Crippen molar-refractivity contribution in [3.63, 3.8) is 0 Å². The molecule has 1 atom stereocenters. The Bertz CT molecular complexity index is 1220. The van der Waals surface area contributed by atoms with E-state index in [0.717, 1.165) is 17.1 Å². The van der Waals surface area contributed by atoms with Gasteiger partial charge in [0.05, 0.1) is 25.4 Å². The second kappa shape index (κ2) is 42.4. The molecule has 0 fully saturated rings. The molecule has 0 aliphatic carbocycles. The molecule has 1 aromatic carbocycles. The van der Waals surface area contributed by atoms with Gasteiger partial charge in [0.25, 0.3) is 5.91 Å². The Morgan fingerprint density at radius 3 is 1.64 bits per heavy atom. The van der Waals surface area contributed by atoms with Gasteiger partial charge in [0.1, 0.15) is 19.3 Å². The van der Waals surface area contributed by atoms with Gasteiger partial charge in [-0.3, -0.25) is 19.2 Å². The zero-order valence-corrected chi connectivity index (χ0v) is 31.3. The van der Waals surface area contributed by atoms with Gasteiger partial charge in [-0.15, -0.1) is 0 Å². The minimum Gasteiger partial charge on any atom is -0.469 e. The number of hydrogen-bond acceptors (Lipinski definition) is 13. The minimum absolute atomic E-state index is 0. The van der Waals surface area contributed by atoms with E-state index in [-0.39, 0.29) is 88.6 Å². The fourth-order valence-corrected chi connectivity index (χ4v) is 3.87. The fraction of sp³-hybridized carbons (Fsp3) is 0.585. The molecule has 0 aliphatic heterocycles. The van der Waals surface area contributed by atoms with Crippen LogP contribution in [0.15, 0.2) is 67.2 Å². The number of amides is 1. The van der Waals surface area contributed by atoms with Crippen LogP contribution in [0.4, 0.5) is 0 Å². The average Bonchev–Trinajstić information content (AvgIpc) is 3.07. The predicted octanol–water partition coefficient (Wildman–Crippen LogP) is 7.88. The highest BCUT2D eigenvalue weighted by molar-refractivity contribution is 7.99. The van der Waals surface area contributed by atoms with Crippen LogP contribution in [0.1, 0.15) is 102 Å². The number of thioether (sulfide) groups is 1. The van der Waals surface area contributed by atoms with E-state index >= 15 is 0 Å². The smallest absolute Gasteiger partial charge is 0.373 e. The van der Waals surface area contributed by atoms with Crippen molar-refractivity contribution in [3.8, 4) is 0 Å². The van der Waals surface area contributed by atoms with E-state index in [0.29, 0.717) is 23.6 Å². The first kappa shape index (κ1) is 71.9. The number of allylic oxidation sites excluding steroid dienone is 3. The van der Waals surface area contributed by atoms with Crippen LogP contribution in [-0.4, -0.2) is 110 Å². The molecule has 324 valence electrons. The highest BCUT2D eigenvalue weighted by atomic mass is 32.2. The van der Waals surface area contributed by atoms with Crippen LogP contribution < -0.4 is 5.32 Å². The molecule has 1 unspecified atom stereocenters. The number of hydrogen-bond donors (Lipinski definition) is 2. The Morgan fingerprint density at radius 2 is 1.27 bits per heavy atom. The number of aliphatic hydroxyl groups excluding tert-OH is 1. The number of aliphatic hydroxyl groups is 1. The van der Waals surface area contributed by atoms with Crippen molar-refractivity contribution in [2.75, 3.05) is 59.5 Å². The van der Waals surface area contributed by atoms with Gasteiger partial charge >= 0.3 is 24.1 Å². The van der Waals surface area contributed by atoms with Crippen LogP contribution in [0.5, 0.6) is 0 Å². The highest BCUT2D eigenvalue weighted by Crippen LogP contribution is 2.23. The Balaban J connectivity index is -0.0000000938. The van der Waals surface area contributed by atoms with Crippen molar-refractivity contribution < 1.29 is 48.1 Å². The molecule has 55 heavy (non-hydrogen) atoms. The Kier molecular flexibility index (Phi) is 55.4. The standard InChI is InChI=1S/C19H33NO7S.C11H13NO.C4H9N.CO2.6CH4/c1-14(2)20(5)9-7-16(22)26-11-15(21)12-27-17(23)8-10-28-13-19(3,4)18(24)25-6;1-9(2)12(3)11(13)10-7-5-4-6-8-10;1-4(2)5-3;2-1-3;;;;;;/h15,21H,1,7-13H2,2-6H3;4-8H,1H2,2-3H3;5H,1H2,2-3H3;;6*1H4. The van der Waals surface area contributed by atoms with Crippen molar-refractivity contribution >= 4 is 41.7 Å². The van der Waals surface area contributed by atoms with Crippen LogP contribution in [0.25, 0.3) is 0 Å². The number of carbonyl (C=O) groups excluding carboxylic acids is 6. The topological polar surface area (TPSA) is 169 Å². The van der Waals surface area contributed by atoms with Crippen molar-refractivity contribution in [1.82, 2.24) is 15.1 Å². The van der Waals surface area contributed by atoms with E-state index in [1.807, 2.05) is 51.0 Å². The van der Waals surface area contributed by atoms with E-state index < -0.39 is 23.5 Å². The maximum absolute atomic E-state index is 11.7. The molecule has 14 heteroatoms. The third kappa shape index (κ3) is 40.6. The van der Waals surface area contributed by atoms with Crippen LogP contribution in [-0.2, 0) is 38.2 Å². The number of nitrogens with zero attached hydrogens (tertiary/aromatic N) is 2. The predicted molar refractivity (Wildman–Crippen MR) is 230 cm³/mol. The summed E-state index contributed by atoms with van der Waals surface area (Å²) in [5.74, 6) is -0.216. The second-order valence-electron chi connectivity index (χ2n) is 11.2. The van der Waals surface area contributed by atoms with Crippen LogP contribution in [0.3, 0.4) is 0 Å². The molecule has 0 aromatic heterocycles. The van der Waals surface area contributed by atoms with E-state index in [9.17, 15) is 24.3 Å². The summed E-state index contributed by atoms with van der Waals surface area (Å²) in [7, 11) is 6.73. The molecule has 0 spiro atoms. The summed E-state index contributed by atoms with van der Waals surface area (Å²) in [6.45, 7) is 20.1. The van der Waals surface area contributed by atoms with Gasteiger partial charge in [-0.2, -0.15) is 21.4 Å². The average molecular weight is 806 g/mol. The lowest BCUT2D eigenvalue weighted by Crippen LogP contribution is -2.28. The largest absolute Gasteiger partial charge is 0.469 e. The van der Waals surface area contributed by atoms with Crippen molar-refractivity contribution in [1.29, 1.82) is 0 Å². The maximum atomic E-state index is 11.7. The summed E-state index contributed by atoms with van der Waals surface area (Å²) in [4.78, 5) is 66.1. The lowest BCUT2D eigenvalue weighted by molar-refractivity contribution is -0.191. The van der Waals surface area contributed by atoms with E-state index in [4.69, 9.17) is 23.8 Å². The Hall–Kier alpha value is -4.39. The summed E-state index contributed by atoms with van der Waals surface area (Å²) >= 11 is 1.45. The third-order valence-corrected chi connectivity index (χ3v) is 7.57. The fourth-order valence-electron chi connectivity index (χ4n) is 2.79. The summed E-state index contributed by atoms with van der Waals surface area (Å²) < 4.78 is 14.6. The zero-order chi connectivity index (χ0) is 38.6. The Labute approximate surface area is 339 Å². The van der Waals surface area contributed by atoms with Gasteiger partial charge in [-0.25, -0.2) is 0 Å². The summed E-state index contributed by atoms with van der Waals surface area (Å²) in [5, 5.41) is 12.6. The Morgan fingerprint density at radius 1 is 0.855 bits per heavy atom. The molecule has 1 rings (SSSR count). The van der Waals surface area contributed by atoms with E-state index in [1.165, 1.54) is 23.8 Å². The van der Waals surface area contributed by atoms with Gasteiger partial charge in [0.2, 0.25) is 0 Å². The van der Waals surface area contributed by atoms with Crippen molar-refractivity contribution in [2.24, 2.45) is 5.41 Å². The number of nitrogens with one attached hydrogen (secondary N) is 1. The number of carbonyl (C=O) groups is 4. The molecular formula is C41H79N3O10S. The van der Waals surface area contributed by atoms with Crippen LogP contribution in [0.2, 0.25) is 0 Å². The van der Waals surface area contributed by atoms with Gasteiger partial charge in [0, 0.05) is 56.2 Å². The van der Waals surface area contributed by atoms with Gasteiger partial charge < -0.3 is 34.4 Å². The quantitative estimate of drug-likeness (QED) is 0.0887. The first-order valence-electron chi connectivity index (χ1n) is 15.1. The summed E-state index contributed by atoms with van der Waals surface area (Å²) in [6, 6.07) is 9.17. The lowest BCUT2D eigenvalue weighted by Gasteiger charge is -2.20. The zero-order valence-electron chi connectivity index (χ0n) is 30.5. The first-order chi connectivity index (χ1) is 22.8. The molecule has 1 amide bonds. The van der Waals surface area contributed by atoms with E-state index in [2.05, 4.69) is 25.1 Å². The molecule has 0 aliphatic rings. The third-order valence-electron chi connectivity index (χ3n) is 6.15. The molecular weight excluding hydrogens is 727 g/mol. The highest BCUT2D eigenvalue weighted by Gasteiger charge is 2.28. The minimum atomic E-state index is -1.07. The first-order valence-corrected chi connectivity index (χ1v) is 16.3. The summed E-state index contributed by atoms with van der Waals surface area (Å²) in [5.41, 5.74) is 2.65. The second-order valence-corrected chi connectivity index (χ2v) is 12.3. The molecule has 0 saturated heterocycles. The molecule has 0 radical (unpaired) electrons. The van der Waals surface area contributed by atoms with Crippen LogP contribution in [0, 0.1) is 5.41 Å².